The van der Waals surface area contributed by atoms with Crippen LogP contribution in [0.1, 0.15) is 49.5 Å². The zero-order valence-corrected chi connectivity index (χ0v) is 9.85. The van der Waals surface area contributed by atoms with E-state index in [9.17, 15) is 4.79 Å². The fourth-order valence-electron chi connectivity index (χ4n) is 1.59. The van der Waals surface area contributed by atoms with Gasteiger partial charge in [0.15, 0.2) is 5.78 Å². The van der Waals surface area contributed by atoms with Crippen molar-refractivity contribution >= 4 is 5.78 Å². The first-order valence-corrected chi connectivity index (χ1v) is 5.91. The van der Waals surface area contributed by atoms with Gasteiger partial charge in [-0.2, -0.15) is 0 Å². The van der Waals surface area contributed by atoms with Gasteiger partial charge in [-0.25, -0.2) is 4.68 Å². The number of rotatable bonds is 8. The second-order valence-corrected chi connectivity index (χ2v) is 3.86. The summed E-state index contributed by atoms with van der Waals surface area (Å²) in [6, 6.07) is 0. The summed E-state index contributed by atoms with van der Waals surface area (Å²) < 4.78 is 1.69. The van der Waals surface area contributed by atoms with Gasteiger partial charge in [-0.1, -0.05) is 18.6 Å². The zero-order valence-electron chi connectivity index (χ0n) is 9.85. The quantitative estimate of drug-likeness (QED) is 0.535. The number of hydrogen-bond donors (Lipinski definition) is 1. The molecular weight excluding hydrogens is 204 g/mol. The monoisotopic (exact) mass is 224 g/mol. The van der Waals surface area contributed by atoms with Crippen molar-refractivity contribution in [3.8, 4) is 0 Å². The molecule has 0 atom stereocenters. The first-order chi connectivity index (χ1) is 7.79. The van der Waals surface area contributed by atoms with Crippen LogP contribution in [0.3, 0.4) is 0 Å². The highest BCUT2D eigenvalue weighted by Crippen LogP contribution is 2.07. The lowest BCUT2D eigenvalue weighted by Crippen LogP contribution is -2.10. The van der Waals surface area contributed by atoms with Gasteiger partial charge in [-0.15, -0.1) is 5.10 Å². The summed E-state index contributed by atoms with van der Waals surface area (Å²) in [6.45, 7) is 3.50. The number of nitrogens with two attached hydrogens (primary N) is 1. The van der Waals surface area contributed by atoms with Crippen molar-refractivity contribution in [3.05, 3.63) is 11.9 Å². The standard InChI is InChI=1S/C11H20N4O/c1-2-8-15-10(9-13-14-15)11(16)6-4-3-5-7-12/h9H,2-8,12H2,1H3. The second-order valence-electron chi connectivity index (χ2n) is 3.86. The lowest BCUT2D eigenvalue weighted by molar-refractivity contribution is 0.0968. The van der Waals surface area contributed by atoms with Crippen LogP contribution < -0.4 is 5.73 Å². The van der Waals surface area contributed by atoms with Crippen LogP contribution in [0, 0.1) is 0 Å². The number of carbonyl (C=O) groups excluding carboxylic acids is 1. The van der Waals surface area contributed by atoms with E-state index in [-0.39, 0.29) is 5.78 Å². The average Bonchev–Trinajstić information content (AvgIpc) is 2.73. The molecule has 5 nitrogen and oxygen atoms in total. The first-order valence-electron chi connectivity index (χ1n) is 5.91. The van der Waals surface area contributed by atoms with Crippen LogP contribution in [0.4, 0.5) is 0 Å². The molecule has 0 radical (unpaired) electrons. The van der Waals surface area contributed by atoms with Crippen molar-refractivity contribution in [3.63, 3.8) is 0 Å². The van der Waals surface area contributed by atoms with Crippen molar-refractivity contribution in [2.45, 2.75) is 45.6 Å². The lowest BCUT2D eigenvalue weighted by Gasteiger charge is -2.03. The van der Waals surface area contributed by atoms with Crippen molar-refractivity contribution in [2.24, 2.45) is 5.73 Å². The van der Waals surface area contributed by atoms with Crippen molar-refractivity contribution < 1.29 is 4.79 Å². The van der Waals surface area contributed by atoms with Gasteiger partial charge in [-0.05, 0) is 25.8 Å². The molecule has 90 valence electrons. The predicted octanol–water partition coefficient (Wildman–Crippen LogP) is 1.39. The van der Waals surface area contributed by atoms with Gasteiger partial charge < -0.3 is 5.73 Å². The molecule has 0 fully saturated rings. The Morgan fingerprint density at radius 1 is 1.44 bits per heavy atom. The Balaban J connectivity index is 2.42. The number of unbranched alkanes of at least 4 members (excludes halogenated alkanes) is 2. The van der Waals surface area contributed by atoms with E-state index < -0.39 is 0 Å². The Morgan fingerprint density at radius 2 is 2.25 bits per heavy atom. The minimum atomic E-state index is 0.135. The maximum Gasteiger partial charge on any atom is 0.182 e. The maximum absolute atomic E-state index is 11.8. The molecule has 5 heteroatoms. The van der Waals surface area contributed by atoms with Crippen LogP contribution in [-0.2, 0) is 6.54 Å². The molecule has 2 N–H and O–H groups in total. The van der Waals surface area contributed by atoms with Crippen molar-refractivity contribution in [2.75, 3.05) is 6.54 Å². The van der Waals surface area contributed by atoms with Gasteiger partial charge in [0.1, 0.15) is 5.69 Å². The van der Waals surface area contributed by atoms with E-state index in [1.165, 1.54) is 0 Å². The van der Waals surface area contributed by atoms with Crippen LogP contribution in [0.15, 0.2) is 6.20 Å². The van der Waals surface area contributed by atoms with Crippen LogP contribution in [0.5, 0.6) is 0 Å². The highest BCUT2D eigenvalue weighted by atomic mass is 16.1. The maximum atomic E-state index is 11.8. The molecule has 1 aromatic rings. The third-order valence-electron chi connectivity index (χ3n) is 2.45. The van der Waals surface area contributed by atoms with Gasteiger partial charge >= 0.3 is 0 Å². The third-order valence-corrected chi connectivity index (χ3v) is 2.45. The van der Waals surface area contributed by atoms with Gasteiger partial charge in [0.25, 0.3) is 0 Å². The Hall–Kier alpha value is -1.23. The molecule has 1 aromatic heterocycles. The SMILES string of the molecule is CCCn1nncc1C(=O)CCCCCN. The summed E-state index contributed by atoms with van der Waals surface area (Å²) in [6.07, 6.45) is 5.97. The molecule has 1 rings (SSSR count). The molecule has 0 saturated heterocycles. The van der Waals surface area contributed by atoms with E-state index in [4.69, 9.17) is 5.73 Å². The summed E-state index contributed by atoms with van der Waals surface area (Å²) in [5.41, 5.74) is 6.03. The topological polar surface area (TPSA) is 73.8 Å². The highest BCUT2D eigenvalue weighted by molar-refractivity contribution is 5.94. The summed E-state index contributed by atoms with van der Waals surface area (Å²) >= 11 is 0. The second kappa shape index (κ2) is 7.11. The predicted molar refractivity (Wildman–Crippen MR) is 62.2 cm³/mol. The lowest BCUT2D eigenvalue weighted by atomic mass is 10.1. The molecule has 0 aliphatic rings. The fraction of sp³-hybridized carbons (Fsp3) is 0.727. The molecule has 0 aliphatic carbocycles. The smallest absolute Gasteiger partial charge is 0.182 e. The molecule has 0 spiro atoms. The van der Waals surface area contributed by atoms with Crippen molar-refractivity contribution in [1.29, 1.82) is 0 Å². The van der Waals surface area contributed by atoms with Crippen LogP contribution in [0.25, 0.3) is 0 Å². The number of ketones is 1. The number of aromatic nitrogens is 3. The summed E-state index contributed by atoms with van der Waals surface area (Å²) in [5.74, 6) is 0.135. The van der Waals surface area contributed by atoms with Gasteiger partial charge in [0, 0.05) is 13.0 Å². The van der Waals surface area contributed by atoms with E-state index in [2.05, 4.69) is 17.2 Å². The van der Waals surface area contributed by atoms with Crippen molar-refractivity contribution in [1.82, 2.24) is 15.0 Å². The molecule has 16 heavy (non-hydrogen) atoms. The molecule has 0 saturated carbocycles. The highest BCUT2D eigenvalue weighted by Gasteiger charge is 2.11. The fourth-order valence-corrected chi connectivity index (χ4v) is 1.59. The van der Waals surface area contributed by atoms with E-state index in [0.717, 1.165) is 32.2 Å². The normalized spacial score (nSPS) is 10.6. The Labute approximate surface area is 96.0 Å². The number of hydrogen-bond acceptors (Lipinski definition) is 4. The molecule has 0 aliphatic heterocycles. The third kappa shape index (κ3) is 3.73. The first kappa shape index (κ1) is 12.8. The number of aryl methyl sites for hydroxylation is 1. The summed E-state index contributed by atoms with van der Waals surface area (Å²) in [7, 11) is 0. The number of nitrogens with zero attached hydrogens (tertiary/aromatic N) is 3. The molecule has 0 amide bonds. The molecule has 0 aromatic carbocycles. The number of carbonyl (C=O) groups is 1. The summed E-state index contributed by atoms with van der Waals surface area (Å²) in [4.78, 5) is 11.8. The Morgan fingerprint density at radius 3 is 2.94 bits per heavy atom. The molecule has 0 unspecified atom stereocenters. The van der Waals surface area contributed by atoms with E-state index in [1.54, 1.807) is 10.9 Å². The Kier molecular flexibility index (Phi) is 5.71. The average molecular weight is 224 g/mol. The van der Waals surface area contributed by atoms with E-state index >= 15 is 0 Å². The van der Waals surface area contributed by atoms with Crippen LogP contribution >= 0.6 is 0 Å². The molecule has 0 bridgehead atoms. The van der Waals surface area contributed by atoms with E-state index in [0.29, 0.717) is 18.7 Å². The van der Waals surface area contributed by atoms with Gasteiger partial charge in [0.2, 0.25) is 0 Å². The minimum Gasteiger partial charge on any atom is -0.330 e. The Bertz CT molecular complexity index is 322. The van der Waals surface area contributed by atoms with Gasteiger partial charge in [0.05, 0.1) is 6.20 Å². The molecule has 1 heterocycles. The zero-order chi connectivity index (χ0) is 11.8. The van der Waals surface area contributed by atoms with Crippen LogP contribution in [-0.4, -0.2) is 27.3 Å². The molecular formula is C11H20N4O. The number of Topliss-reactive ketones (excluding diaryl/α,β-unsaturated/α-hetero) is 1. The van der Waals surface area contributed by atoms with E-state index in [1.807, 2.05) is 0 Å². The minimum absolute atomic E-state index is 0.135. The summed E-state index contributed by atoms with van der Waals surface area (Å²) in [5, 5.41) is 7.68. The van der Waals surface area contributed by atoms with Gasteiger partial charge in [-0.3, -0.25) is 4.79 Å². The largest absolute Gasteiger partial charge is 0.330 e. The van der Waals surface area contributed by atoms with Crippen LogP contribution in [0.2, 0.25) is 0 Å².